The molecule has 6 heteroatoms. The summed E-state index contributed by atoms with van der Waals surface area (Å²) in [6, 6.07) is 9.95. The molecule has 1 aliphatic rings. The number of nitrogens with one attached hydrogen (secondary N) is 1. The molecule has 132 valence electrons. The van der Waals surface area contributed by atoms with E-state index in [2.05, 4.69) is 20.2 Å². The molecule has 2 heterocycles. The molecule has 1 fully saturated rings. The van der Waals surface area contributed by atoms with Gasteiger partial charge in [0.2, 0.25) is 0 Å². The van der Waals surface area contributed by atoms with Crippen molar-refractivity contribution in [1.82, 2.24) is 15.3 Å². The molecule has 2 aromatic rings. The van der Waals surface area contributed by atoms with Gasteiger partial charge in [-0.25, -0.2) is 9.97 Å². The molecule has 25 heavy (non-hydrogen) atoms. The molecule has 1 amide bonds. The van der Waals surface area contributed by atoms with Crippen LogP contribution in [0, 0.1) is 13.8 Å². The number of carbonyl (C=O) groups excluding carboxylic acids is 1. The van der Waals surface area contributed by atoms with Crippen molar-refractivity contribution in [3.8, 4) is 0 Å². The third-order valence-electron chi connectivity index (χ3n) is 4.48. The average molecular weight is 339 g/mol. The summed E-state index contributed by atoms with van der Waals surface area (Å²) >= 11 is 0. The Morgan fingerprint density at radius 3 is 2.52 bits per heavy atom. The average Bonchev–Trinajstić information content (AvgIpc) is 2.60. The number of aryl methyl sites for hydroxylation is 2. The smallest absolute Gasteiger partial charge is 0.251 e. The highest BCUT2D eigenvalue weighted by atomic mass is 16.1. The zero-order valence-electron chi connectivity index (χ0n) is 14.8. The summed E-state index contributed by atoms with van der Waals surface area (Å²) in [5.41, 5.74) is 9.47. The van der Waals surface area contributed by atoms with Crippen LogP contribution >= 0.6 is 0 Å². The van der Waals surface area contributed by atoms with Crippen LogP contribution < -0.4 is 16.0 Å². The highest BCUT2D eigenvalue weighted by Gasteiger charge is 2.16. The minimum atomic E-state index is -0.0962. The second-order valence-corrected chi connectivity index (χ2v) is 6.60. The number of hydrogen-bond donors (Lipinski definition) is 2. The third kappa shape index (κ3) is 4.54. The Bertz CT molecular complexity index is 716. The van der Waals surface area contributed by atoms with E-state index in [-0.39, 0.29) is 5.91 Å². The molecule has 0 spiro atoms. The fourth-order valence-electron chi connectivity index (χ4n) is 3.14. The highest BCUT2D eigenvalue weighted by molar-refractivity contribution is 5.94. The first-order valence-corrected chi connectivity index (χ1v) is 8.71. The lowest BCUT2D eigenvalue weighted by atomic mass is 10.0. The van der Waals surface area contributed by atoms with Crippen LogP contribution in [0.4, 0.5) is 5.69 Å². The molecular weight excluding hydrogens is 314 g/mol. The van der Waals surface area contributed by atoms with E-state index in [0.29, 0.717) is 18.2 Å². The molecule has 0 saturated carbocycles. The van der Waals surface area contributed by atoms with Crippen LogP contribution in [-0.4, -0.2) is 35.0 Å². The van der Waals surface area contributed by atoms with Gasteiger partial charge in [0, 0.05) is 36.1 Å². The molecule has 3 rings (SSSR count). The van der Waals surface area contributed by atoms with E-state index >= 15 is 0 Å². The molecule has 1 aliphatic heterocycles. The second kappa shape index (κ2) is 7.61. The van der Waals surface area contributed by atoms with Gasteiger partial charge < -0.3 is 16.0 Å². The Morgan fingerprint density at radius 2 is 1.88 bits per heavy atom. The van der Waals surface area contributed by atoms with Crippen molar-refractivity contribution in [3.63, 3.8) is 0 Å². The van der Waals surface area contributed by atoms with E-state index < -0.39 is 0 Å². The summed E-state index contributed by atoms with van der Waals surface area (Å²) in [5, 5.41) is 2.92. The summed E-state index contributed by atoms with van der Waals surface area (Å²) in [6.07, 6.45) is 2.03. The zero-order chi connectivity index (χ0) is 17.8. The van der Waals surface area contributed by atoms with Gasteiger partial charge in [-0.1, -0.05) is 0 Å². The zero-order valence-corrected chi connectivity index (χ0v) is 14.8. The van der Waals surface area contributed by atoms with E-state index in [9.17, 15) is 4.79 Å². The van der Waals surface area contributed by atoms with Gasteiger partial charge in [0.15, 0.2) is 0 Å². The fraction of sp³-hybridized carbons (Fsp3) is 0.421. The Kier molecular flexibility index (Phi) is 5.28. The van der Waals surface area contributed by atoms with Gasteiger partial charge in [-0.15, -0.1) is 0 Å². The van der Waals surface area contributed by atoms with E-state index in [0.717, 1.165) is 48.8 Å². The minimum Gasteiger partial charge on any atom is -0.371 e. The lowest BCUT2D eigenvalue weighted by molar-refractivity contribution is 0.0950. The van der Waals surface area contributed by atoms with Crippen molar-refractivity contribution in [1.29, 1.82) is 0 Å². The van der Waals surface area contributed by atoms with Crippen LogP contribution in [0.25, 0.3) is 0 Å². The van der Waals surface area contributed by atoms with E-state index in [1.54, 1.807) is 0 Å². The summed E-state index contributed by atoms with van der Waals surface area (Å²) in [7, 11) is 0. The van der Waals surface area contributed by atoms with Crippen molar-refractivity contribution in [2.24, 2.45) is 5.73 Å². The summed E-state index contributed by atoms with van der Waals surface area (Å²) in [6.45, 7) is 6.11. The molecule has 0 unspecified atom stereocenters. The van der Waals surface area contributed by atoms with Gasteiger partial charge in [0.05, 0.1) is 12.2 Å². The molecule has 1 aromatic carbocycles. The number of nitrogens with two attached hydrogens (primary N) is 1. The van der Waals surface area contributed by atoms with Crippen molar-refractivity contribution < 1.29 is 4.79 Å². The predicted octanol–water partition coefficient (Wildman–Crippen LogP) is 1.95. The second-order valence-electron chi connectivity index (χ2n) is 6.60. The Balaban J connectivity index is 1.59. The van der Waals surface area contributed by atoms with E-state index in [1.807, 2.05) is 44.2 Å². The molecule has 1 aromatic heterocycles. The largest absolute Gasteiger partial charge is 0.371 e. The van der Waals surface area contributed by atoms with Crippen LogP contribution in [-0.2, 0) is 6.54 Å². The minimum absolute atomic E-state index is 0.0962. The lowest BCUT2D eigenvalue weighted by Crippen LogP contribution is -2.39. The number of amides is 1. The molecular formula is C19H25N5O. The van der Waals surface area contributed by atoms with Crippen LogP contribution in [0.1, 0.15) is 40.4 Å². The quantitative estimate of drug-likeness (QED) is 0.889. The third-order valence-corrected chi connectivity index (χ3v) is 4.48. The predicted molar refractivity (Wildman–Crippen MR) is 98.5 cm³/mol. The number of rotatable bonds is 4. The van der Waals surface area contributed by atoms with Crippen LogP contribution in [0.2, 0.25) is 0 Å². The van der Waals surface area contributed by atoms with Gasteiger partial charge >= 0.3 is 0 Å². The summed E-state index contributed by atoms with van der Waals surface area (Å²) < 4.78 is 0. The Hall–Kier alpha value is -2.47. The van der Waals surface area contributed by atoms with Gasteiger partial charge in [-0.2, -0.15) is 0 Å². The number of piperidine rings is 1. The van der Waals surface area contributed by atoms with Crippen molar-refractivity contribution in [3.05, 3.63) is 53.1 Å². The first-order valence-electron chi connectivity index (χ1n) is 8.71. The molecule has 0 atom stereocenters. The fourth-order valence-corrected chi connectivity index (χ4v) is 3.14. The number of carbonyl (C=O) groups is 1. The standard InChI is InChI=1S/C19H25N5O/c1-13-11-17(23-14(2)22-13)12-21-19(25)15-3-5-18(6-4-15)24-9-7-16(20)8-10-24/h3-6,11,16H,7-10,12,20H2,1-2H3,(H,21,25). The number of benzene rings is 1. The number of hydrogen-bond acceptors (Lipinski definition) is 5. The van der Waals surface area contributed by atoms with Crippen molar-refractivity contribution in [2.75, 3.05) is 18.0 Å². The van der Waals surface area contributed by atoms with Crippen LogP contribution in [0.15, 0.2) is 30.3 Å². The maximum Gasteiger partial charge on any atom is 0.251 e. The SMILES string of the molecule is Cc1cc(CNC(=O)c2ccc(N3CCC(N)CC3)cc2)nc(C)n1. The Labute approximate surface area is 148 Å². The molecule has 6 nitrogen and oxygen atoms in total. The van der Waals surface area contributed by atoms with E-state index in [4.69, 9.17) is 5.73 Å². The number of nitrogens with zero attached hydrogens (tertiary/aromatic N) is 3. The maximum atomic E-state index is 12.3. The molecule has 1 saturated heterocycles. The Morgan fingerprint density at radius 1 is 1.20 bits per heavy atom. The first kappa shape index (κ1) is 17.4. The van der Waals surface area contributed by atoms with Gasteiger partial charge in [-0.05, 0) is 57.0 Å². The van der Waals surface area contributed by atoms with Gasteiger partial charge in [0.1, 0.15) is 5.82 Å². The number of aromatic nitrogens is 2. The van der Waals surface area contributed by atoms with Crippen molar-refractivity contribution >= 4 is 11.6 Å². The molecule has 0 radical (unpaired) electrons. The van der Waals surface area contributed by atoms with Crippen LogP contribution in [0.5, 0.6) is 0 Å². The monoisotopic (exact) mass is 339 g/mol. The normalized spacial score (nSPS) is 15.2. The topological polar surface area (TPSA) is 84.1 Å². The van der Waals surface area contributed by atoms with Gasteiger partial charge in [0.25, 0.3) is 5.91 Å². The molecule has 0 bridgehead atoms. The maximum absolute atomic E-state index is 12.3. The van der Waals surface area contributed by atoms with Crippen LogP contribution in [0.3, 0.4) is 0 Å². The number of anilines is 1. The lowest BCUT2D eigenvalue weighted by Gasteiger charge is -2.32. The van der Waals surface area contributed by atoms with Gasteiger partial charge in [-0.3, -0.25) is 4.79 Å². The summed E-state index contributed by atoms with van der Waals surface area (Å²) in [4.78, 5) is 23.2. The molecule has 3 N–H and O–H groups in total. The van der Waals surface area contributed by atoms with E-state index in [1.165, 1.54) is 0 Å². The van der Waals surface area contributed by atoms with Crippen molar-refractivity contribution in [2.45, 2.75) is 39.3 Å². The first-order chi connectivity index (χ1) is 12.0. The molecule has 0 aliphatic carbocycles. The summed E-state index contributed by atoms with van der Waals surface area (Å²) in [5.74, 6) is 0.621. The highest BCUT2D eigenvalue weighted by Crippen LogP contribution is 2.20.